The van der Waals surface area contributed by atoms with Crippen LogP contribution in [0.15, 0.2) is 29.2 Å². The Kier molecular flexibility index (Phi) is 4.75. The monoisotopic (exact) mass is 397 g/mol. The molecule has 142 valence electrons. The zero-order chi connectivity index (χ0) is 18.4. The summed E-state index contributed by atoms with van der Waals surface area (Å²) in [4.78, 5) is 15.3. The van der Waals surface area contributed by atoms with Crippen LogP contribution in [0, 0.1) is 0 Å². The Bertz CT molecular complexity index is 794. The average molecular weight is 398 g/mol. The van der Waals surface area contributed by atoms with Gasteiger partial charge in [-0.05, 0) is 69.3 Å². The maximum atomic E-state index is 12.9. The van der Waals surface area contributed by atoms with E-state index in [1.165, 1.54) is 12.1 Å². The van der Waals surface area contributed by atoms with Crippen LogP contribution in [-0.4, -0.2) is 49.9 Å². The standard InChI is InChI=1S/C18H24ClN3O3S/c19-13-3-7-16(8-4-13)26(24,25)21-15-11-18(17(23)20-14-5-6-14)9-1-2-10-22(18)12-15/h3-4,7-8,14-15,21H,1-2,5-6,9-12H2,(H,20,23)/t15-,18-/m0/s1. The quantitative estimate of drug-likeness (QED) is 0.795. The number of amides is 1. The molecule has 1 aliphatic carbocycles. The molecular formula is C18H24ClN3O3S. The first-order valence-electron chi connectivity index (χ1n) is 9.23. The van der Waals surface area contributed by atoms with Gasteiger partial charge in [-0.15, -0.1) is 0 Å². The van der Waals surface area contributed by atoms with E-state index in [0.29, 0.717) is 24.0 Å². The molecule has 1 aromatic rings. The third-order valence-corrected chi connectivity index (χ3v) is 7.47. The highest BCUT2D eigenvalue weighted by molar-refractivity contribution is 7.89. The van der Waals surface area contributed by atoms with Crippen molar-refractivity contribution in [3.05, 3.63) is 29.3 Å². The molecule has 1 saturated carbocycles. The van der Waals surface area contributed by atoms with E-state index >= 15 is 0 Å². The van der Waals surface area contributed by atoms with Crippen molar-refractivity contribution < 1.29 is 13.2 Å². The van der Waals surface area contributed by atoms with Crippen LogP contribution >= 0.6 is 11.6 Å². The predicted octanol–water partition coefficient (Wildman–Crippen LogP) is 1.89. The zero-order valence-electron chi connectivity index (χ0n) is 14.6. The van der Waals surface area contributed by atoms with Gasteiger partial charge in [0.05, 0.1) is 4.90 Å². The summed E-state index contributed by atoms with van der Waals surface area (Å²) in [5.74, 6) is 0.0768. The molecule has 3 aliphatic rings. The first-order chi connectivity index (χ1) is 12.4. The molecule has 0 unspecified atom stereocenters. The smallest absolute Gasteiger partial charge is 0.240 e. The molecule has 8 heteroatoms. The summed E-state index contributed by atoms with van der Waals surface area (Å²) >= 11 is 5.85. The summed E-state index contributed by atoms with van der Waals surface area (Å²) in [5.41, 5.74) is -0.561. The molecule has 0 spiro atoms. The van der Waals surface area contributed by atoms with Gasteiger partial charge in [0, 0.05) is 23.7 Å². The topological polar surface area (TPSA) is 78.5 Å². The number of nitrogens with zero attached hydrogens (tertiary/aromatic N) is 1. The number of carbonyl (C=O) groups excluding carboxylic acids is 1. The lowest BCUT2D eigenvalue weighted by Gasteiger charge is -2.40. The normalized spacial score (nSPS) is 29.3. The molecule has 0 radical (unpaired) electrons. The first kappa shape index (κ1) is 18.2. The van der Waals surface area contributed by atoms with Gasteiger partial charge in [-0.25, -0.2) is 13.1 Å². The Morgan fingerprint density at radius 2 is 1.88 bits per heavy atom. The van der Waals surface area contributed by atoms with Crippen LogP contribution in [0.3, 0.4) is 0 Å². The molecule has 2 atom stereocenters. The number of hydrogen-bond acceptors (Lipinski definition) is 4. The summed E-state index contributed by atoms with van der Waals surface area (Å²) in [6.07, 6.45) is 5.48. The number of carbonyl (C=O) groups is 1. The molecule has 1 aromatic carbocycles. The Hall–Kier alpha value is -1.15. The van der Waals surface area contributed by atoms with Gasteiger partial charge in [0.1, 0.15) is 5.54 Å². The maximum absolute atomic E-state index is 12.9. The van der Waals surface area contributed by atoms with E-state index in [1.807, 2.05) is 0 Å². The minimum absolute atomic E-state index is 0.0768. The molecule has 26 heavy (non-hydrogen) atoms. The van der Waals surface area contributed by atoms with Crippen LogP contribution in [-0.2, 0) is 14.8 Å². The number of rotatable bonds is 5. The van der Waals surface area contributed by atoms with Crippen molar-refractivity contribution in [1.29, 1.82) is 0 Å². The van der Waals surface area contributed by atoms with E-state index in [-0.39, 0.29) is 16.8 Å². The molecule has 4 rings (SSSR count). The van der Waals surface area contributed by atoms with E-state index in [0.717, 1.165) is 38.6 Å². The molecule has 2 aliphatic heterocycles. The lowest BCUT2D eigenvalue weighted by Crippen LogP contribution is -2.57. The van der Waals surface area contributed by atoms with E-state index in [9.17, 15) is 13.2 Å². The van der Waals surface area contributed by atoms with Crippen molar-refractivity contribution in [3.8, 4) is 0 Å². The van der Waals surface area contributed by atoms with Gasteiger partial charge in [0.15, 0.2) is 0 Å². The molecule has 0 bridgehead atoms. The lowest BCUT2D eigenvalue weighted by atomic mass is 9.85. The highest BCUT2D eigenvalue weighted by atomic mass is 35.5. The number of benzene rings is 1. The number of nitrogens with one attached hydrogen (secondary N) is 2. The first-order valence-corrected chi connectivity index (χ1v) is 11.1. The highest BCUT2D eigenvalue weighted by Crippen LogP contribution is 2.39. The van der Waals surface area contributed by atoms with Crippen LogP contribution in [0.25, 0.3) is 0 Å². The maximum Gasteiger partial charge on any atom is 0.240 e. The van der Waals surface area contributed by atoms with E-state index < -0.39 is 15.6 Å². The second-order valence-electron chi connectivity index (χ2n) is 7.66. The molecule has 2 heterocycles. The predicted molar refractivity (Wildman–Crippen MR) is 99.5 cm³/mol. The van der Waals surface area contributed by atoms with Crippen molar-refractivity contribution >= 4 is 27.5 Å². The molecular weight excluding hydrogens is 374 g/mol. The second-order valence-corrected chi connectivity index (χ2v) is 9.81. The van der Waals surface area contributed by atoms with Gasteiger partial charge in [-0.3, -0.25) is 9.69 Å². The fourth-order valence-corrected chi connectivity index (χ4v) is 5.56. The van der Waals surface area contributed by atoms with Crippen molar-refractivity contribution in [3.63, 3.8) is 0 Å². The molecule has 1 amide bonds. The molecule has 3 fully saturated rings. The number of sulfonamides is 1. The van der Waals surface area contributed by atoms with Crippen LogP contribution < -0.4 is 10.0 Å². The summed E-state index contributed by atoms with van der Waals surface area (Å²) in [7, 11) is -3.63. The summed E-state index contributed by atoms with van der Waals surface area (Å²) in [6, 6.07) is 6.19. The largest absolute Gasteiger partial charge is 0.352 e. The van der Waals surface area contributed by atoms with Crippen molar-refractivity contribution in [2.45, 2.75) is 61.0 Å². The summed E-state index contributed by atoms with van der Waals surface area (Å²) < 4.78 is 28.2. The Morgan fingerprint density at radius 1 is 1.15 bits per heavy atom. The molecule has 2 N–H and O–H groups in total. The Morgan fingerprint density at radius 3 is 2.58 bits per heavy atom. The number of fused-ring (bicyclic) bond motifs is 1. The SMILES string of the molecule is O=C(NC1CC1)[C@@]12CCCCN1C[C@@H](NS(=O)(=O)c1ccc(Cl)cc1)C2. The molecule has 2 saturated heterocycles. The lowest BCUT2D eigenvalue weighted by molar-refractivity contribution is -0.134. The fraction of sp³-hybridized carbons (Fsp3) is 0.611. The van der Waals surface area contributed by atoms with Gasteiger partial charge < -0.3 is 5.32 Å². The van der Waals surface area contributed by atoms with Crippen molar-refractivity contribution in [2.75, 3.05) is 13.1 Å². The van der Waals surface area contributed by atoms with E-state index in [2.05, 4.69) is 14.9 Å². The zero-order valence-corrected chi connectivity index (χ0v) is 16.2. The number of piperidine rings is 1. The minimum atomic E-state index is -3.63. The molecule has 0 aromatic heterocycles. The van der Waals surface area contributed by atoms with Gasteiger partial charge >= 0.3 is 0 Å². The molecule has 6 nitrogen and oxygen atoms in total. The van der Waals surface area contributed by atoms with Gasteiger partial charge in [-0.1, -0.05) is 11.6 Å². The third-order valence-electron chi connectivity index (χ3n) is 5.68. The van der Waals surface area contributed by atoms with Crippen LogP contribution in [0.5, 0.6) is 0 Å². The van der Waals surface area contributed by atoms with Gasteiger partial charge in [-0.2, -0.15) is 0 Å². The van der Waals surface area contributed by atoms with Crippen LogP contribution in [0.2, 0.25) is 5.02 Å². The number of hydrogen-bond donors (Lipinski definition) is 2. The van der Waals surface area contributed by atoms with E-state index in [4.69, 9.17) is 11.6 Å². The Labute approximate surface area is 159 Å². The average Bonchev–Trinajstić information content (AvgIpc) is 3.33. The van der Waals surface area contributed by atoms with Crippen LogP contribution in [0.4, 0.5) is 0 Å². The summed E-state index contributed by atoms with van der Waals surface area (Å²) in [5, 5.41) is 3.63. The highest BCUT2D eigenvalue weighted by Gasteiger charge is 2.53. The minimum Gasteiger partial charge on any atom is -0.352 e. The van der Waals surface area contributed by atoms with Gasteiger partial charge in [0.2, 0.25) is 15.9 Å². The van der Waals surface area contributed by atoms with E-state index in [1.54, 1.807) is 12.1 Å². The Balaban J connectivity index is 1.51. The van der Waals surface area contributed by atoms with Crippen molar-refractivity contribution in [1.82, 2.24) is 14.9 Å². The fourth-order valence-electron chi connectivity index (χ4n) is 4.21. The van der Waals surface area contributed by atoms with Crippen molar-refractivity contribution in [2.24, 2.45) is 0 Å². The third kappa shape index (κ3) is 3.50. The van der Waals surface area contributed by atoms with Crippen LogP contribution in [0.1, 0.15) is 38.5 Å². The number of halogens is 1. The summed E-state index contributed by atoms with van der Waals surface area (Å²) in [6.45, 7) is 1.42. The second kappa shape index (κ2) is 6.78. The van der Waals surface area contributed by atoms with Gasteiger partial charge in [0.25, 0.3) is 0 Å².